The van der Waals surface area contributed by atoms with Gasteiger partial charge in [0.2, 0.25) is 0 Å². The quantitative estimate of drug-likeness (QED) is 0.843. The first kappa shape index (κ1) is 11.7. The zero-order valence-corrected chi connectivity index (χ0v) is 10.9. The second-order valence-electron chi connectivity index (χ2n) is 4.77. The van der Waals surface area contributed by atoms with Crippen LogP contribution in [-0.2, 0) is 6.42 Å². The Kier molecular flexibility index (Phi) is 2.84. The van der Waals surface area contributed by atoms with Gasteiger partial charge in [-0.1, -0.05) is 36.4 Å². The van der Waals surface area contributed by atoms with E-state index in [0.29, 0.717) is 0 Å². The van der Waals surface area contributed by atoms with Crippen molar-refractivity contribution in [3.8, 4) is 0 Å². The highest BCUT2D eigenvalue weighted by atomic mass is 35.5. The molecule has 18 heavy (non-hydrogen) atoms. The normalized spacial score (nSPS) is 18.7. The molecule has 0 bridgehead atoms. The number of rotatable bonds is 1. The summed E-state index contributed by atoms with van der Waals surface area (Å²) in [6, 6.07) is 6.05. The van der Waals surface area contributed by atoms with Crippen LogP contribution < -0.4 is 5.73 Å². The van der Waals surface area contributed by atoms with E-state index in [2.05, 4.69) is 6.58 Å². The summed E-state index contributed by atoms with van der Waals surface area (Å²) in [5.74, 6) is 0. The molecule has 0 aliphatic heterocycles. The van der Waals surface area contributed by atoms with Gasteiger partial charge in [0.15, 0.2) is 0 Å². The zero-order valence-electron chi connectivity index (χ0n) is 10.1. The van der Waals surface area contributed by atoms with Gasteiger partial charge in [-0.15, -0.1) is 0 Å². The van der Waals surface area contributed by atoms with Crippen molar-refractivity contribution in [2.24, 2.45) is 5.73 Å². The van der Waals surface area contributed by atoms with E-state index in [0.717, 1.165) is 52.0 Å². The van der Waals surface area contributed by atoms with Gasteiger partial charge in [-0.25, -0.2) is 0 Å². The molecule has 0 radical (unpaired) electrons. The van der Waals surface area contributed by atoms with Crippen molar-refractivity contribution >= 4 is 28.6 Å². The molecule has 1 heterocycles. The molecule has 0 amide bonds. The molecule has 1 aliphatic rings. The van der Waals surface area contributed by atoms with Crippen molar-refractivity contribution in [3.05, 3.63) is 46.6 Å². The molecular weight excluding hydrogens is 244 g/mol. The summed E-state index contributed by atoms with van der Waals surface area (Å²) in [4.78, 5) is 4.71. The lowest BCUT2D eigenvalue weighted by molar-refractivity contribution is 0.557. The molecule has 3 heteroatoms. The predicted molar refractivity (Wildman–Crippen MR) is 76.7 cm³/mol. The molecule has 1 atom stereocenters. The number of halogens is 1. The number of hydrogen-bond acceptors (Lipinski definition) is 2. The van der Waals surface area contributed by atoms with E-state index in [1.54, 1.807) is 0 Å². The largest absolute Gasteiger partial charge is 0.323 e. The smallest absolute Gasteiger partial charge is 0.0727 e. The second kappa shape index (κ2) is 4.38. The Balaban J connectivity index is 2.32. The summed E-state index contributed by atoms with van der Waals surface area (Å²) < 4.78 is 0. The van der Waals surface area contributed by atoms with E-state index in [1.165, 1.54) is 0 Å². The molecular formula is C15H15ClN2. The summed E-state index contributed by atoms with van der Waals surface area (Å²) >= 11 is 6.50. The number of pyridine rings is 1. The van der Waals surface area contributed by atoms with E-state index in [1.807, 2.05) is 24.3 Å². The van der Waals surface area contributed by atoms with E-state index >= 15 is 0 Å². The maximum absolute atomic E-state index is 6.50. The molecule has 0 spiro atoms. The van der Waals surface area contributed by atoms with Crippen molar-refractivity contribution in [2.75, 3.05) is 0 Å². The van der Waals surface area contributed by atoms with Gasteiger partial charge in [0.25, 0.3) is 0 Å². The monoisotopic (exact) mass is 258 g/mol. The number of fused-ring (bicyclic) bond motifs is 2. The van der Waals surface area contributed by atoms with E-state index in [-0.39, 0.29) is 6.04 Å². The Morgan fingerprint density at radius 1 is 1.44 bits per heavy atom. The lowest BCUT2D eigenvalue weighted by Crippen LogP contribution is -2.19. The Morgan fingerprint density at radius 3 is 3.06 bits per heavy atom. The fourth-order valence-corrected chi connectivity index (χ4v) is 2.96. The van der Waals surface area contributed by atoms with Gasteiger partial charge in [0, 0.05) is 11.4 Å². The van der Waals surface area contributed by atoms with Crippen molar-refractivity contribution < 1.29 is 0 Å². The lowest BCUT2D eigenvalue weighted by atomic mass is 9.91. The van der Waals surface area contributed by atoms with E-state index in [9.17, 15) is 0 Å². The third-order valence-electron chi connectivity index (χ3n) is 3.60. The fourth-order valence-electron chi connectivity index (χ4n) is 2.61. The van der Waals surface area contributed by atoms with Crippen LogP contribution in [0, 0.1) is 0 Å². The van der Waals surface area contributed by atoms with Gasteiger partial charge in [0.05, 0.1) is 16.2 Å². The molecule has 0 saturated carbocycles. The number of hydrogen-bond donors (Lipinski definition) is 1. The summed E-state index contributed by atoms with van der Waals surface area (Å²) in [6.45, 7) is 3.78. The van der Waals surface area contributed by atoms with Crippen LogP contribution in [0.3, 0.4) is 0 Å². The fraction of sp³-hybridized carbons (Fsp3) is 0.267. The maximum Gasteiger partial charge on any atom is 0.0727 e. The number of nitrogens with two attached hydrogens (primary N) is 1. The van der Waals surface area contributed by atoms with Gasteiger partial charge >= 0.3 is 0 Å². The zero-order chi connectivity index (χ0) is 12.7. The van der Waals surface area contributed by atoms with Gasteiger partial charge < -0.3 is 5.73 Å². The van der Waals surface area contributed by atoms with Crippen LogP contribution in [0.1, 0.15) is 35.7 Å². The third-order valence-corrected chi connectivity index (χ3v) is 4.03. The van der Waals surface area contributed by atoms with Crippen molar-refractivity contribution in [1.29, 1.82) is 0 Å². The number of aromatic nitrogens is 1. The minimum atomic E-state index is 0.0167. The van der Waals surface area contributed by atoms with Crippen LogP contribution in [0.25, 0.3) is 17.0 Å². The average molecular weight is 259 g/mol. The average Bonchev–Trinajstić information content (AvgIpc) is 2.40. The molecule has 1 unspecified atom stereocenters. The molecule has 0 fully saturated rings. The summed E-state index contributed by atoms with van der Waals surface area (Å²) in [5, 5.41) is 1.83. The third kappa shape index (κ3) is 1.73. The summed E-state index contributed by atoms with van der Waals surface area (Å²) in [7, 11) is 0. The Hall–Kier alpha value is -1.38. The molecule has 1 aromatic carbocycles. The van der Waals surface area contributed by atoms with Crippen LogP contribution in [0.15, 0.2) is 24.8 Å². The topological polar surface area (TPSA) is 38.9 Å². The highest BCUT2D eigenvalue weighted by Gasteiger charge is 2.22. The van der Waals surface area contributed by atoms with Gasteiger partial charge in [-0.2, -0.15) is 0 Å². The van der Waals surface area contributed by atoms with Crippen LogP contribution >= 0.6 is 11.6 Å². The van der Waals surface area contributed by atoms with Crippen molar-refractivity contribution in [3.63, 3.8) is 0 Å². The van der Waals surface area contributed by atoms with Gasteiger partial charge in [0.1, 0.15) is 0 Å². The predicted octanol–water partition coefficient (Wildman–Crippen LogP) is 3.87. The van der Waals surface area contributed by atoms with Crippen molar-refractivity contribution in [1.82, 2.24) is 4.98 Å². The standard InChI is InChI=1S/C15H15ClN2/c1-2-9-6-7-10-13(8-9)18-15-11(14(10)16)4-3-5-12(15)17/h2,6-8,12H,1,3-5,17H2. The highest BCUT2D eigenvalue weighted by Crippen LogP contribution is 2.36. The molecule has 92 valence electrons. The number of nitrogens with zero attached hydrogens (tertiary/aromatic N) is 1. The molecule has 3 rings (SSSR count). The lowest BCUT2D eigenvalue weighted by Gasteiger charge is -2.23. The first-order valence-corrected chi connectivity index (χ1v) is 6.58. The molecule has 0 saturated heterocycles. The molecule has 2 nitrogen and oxygen atoms in total. The van der Waals surface area contributed by atoms with Crippen LogP contribution in [0.2, 0.25) is 5.02 Å². The van der Waals surface area contributed by atoms with Crippen LogP contribution in [-0.4, -0.2) is 4.98 Å². The summed E-state index contributed by atoms with van der Waals surface area (Å²) in [5.41, 5.74) is 10.2. The Bertz CT molecular complexity index is 634. The second-order valence-corrected chi connectivity index (χ2v) is 5.15. The maximum atomic E-state index is 6.50. The van der Waals surface area contributed by atoms with Gasteiger partial charge in [-0.3, -0.25) is 4.98 Å². The molecule has 1 aliphatic carbocycles. The van der Waals surface area contributed by atoms with Crippen LogP contribution in [0.5, 0.6) is 0 Å². The Morgan fingerprint density at radius 2 is 2.28 bits per heavy atom. The SMILES string of the molecule is C=Cc1ccc2c(Cl)c3c(nc2c1)C(N)CCC3. The summed E-state index contributed by atoms with van der Waals surface area (Å²) in [6.07, 6.45) is 4.87. The van der Waals surface area contributed by atoms with Crippen molar-refractivity contribution in [2.45, 2.75) is 25.3 Å². The molecule has 1 aromatic heterocycles. The minimum absolute atomic E-state index is 0.0167. The molecule has 2 aromatic rings. The highest BCUT2D eigenvalue weighted by molar-refractivity contribution is 6.36. The van der Waals surface area contributed by atoms with E-state index < -0.39 is 0 Å². The first-order chi connectivity index (χ1) is 8.70. The van der Waals surface area contributed by atoms with Gasteiger partial charge in [-0.05, 0) is 36.5 Å². The Labute approximate surface area is 111 Å². The number of benzene rings is 1. The minimum Gasteiger partial charge on any atom is -0.323 e. The first-order valence-electron chi connectivity index (χ1n) is 6.20. The van der Waals surface area contributed by atoms with Crippen LogP contribution in [0.4, 0.5) is 0 Å². The van der Waals surface area contributed by atoms with E-state index in [4.69, 9.17) is 22.3 Å². The molecule has 2 N–H and O–H groups in total.